The van der Waals surface area contributed by atoms with Crippen molar-refractivity contribution in [2.24, 2.45) is 23.2 Å². The molecule has 6 unspecified atom stereocenters. The molecule has 0 amide bonds. The van der Waals surface area contributed by atoms with Gasteiger partial charge in [-0.15, -0.1) is 0 Å². The maximum Gasteiger partial charge on any atom is 0.115 e. The fourth-order valence-electron chi connectivity index (χ4n) is 5.91. The molecule has 2 fully saturated rings. The van der Waals surface area contributed by atoms with Crippen LogP contribution in [0.1, 0.15) is 56.6 Å². The number of hydrogen-bond acceptors (Lipinski definition) is 2. The van der Waals surface area contributed by atoms with Crippen LogP contribution in [0.5, 0.6) is 5.75 Å². The van der Waals surface area contributed by atoms with Crippen LogP contribution in [0.15, 0.2) is 18.2 Å². The van der Waals surface area contributed by atoms with Crippen molar-refractivity contribution >= 4 is 0 Å². The van der Waals surface area contributed by atoms with Crippen molar-refractivity contribution in [3.05, 3.63) is 29.3 Å². The summed E-state index contributed by atoms with van der Waals surface area (Å²) in [4.78, 5) is 0. The Balaban J connectivity index is 1.71. The summed E-state index contributed by atoms with van der Waals surface area (Å²) in [5, 5.41) is 20.4. The predicted octanol–water partition coefficient (Wildman–Crippen LogP) is 3.86. The first-order valence-electron chi connectivity index (χ1n) is 8.50. The van der Waals surface area contributed by atoms with Gasteiger partial charge in [0.15, 0.2) is 0 Å². The maximum atomic E-state index is 10.6. The number of aliphatic hydroxyl groups is 1. The van der Waals surface area contributed by atoms with Gasteiger partial charge in [0, 0.05) is 0 Å². The molecule has 4 rings (SSSR count). The second-order valence-corrected chi connectivity index (χ2v) is 8.00. The quantitative estimate of drug-likeness (QED) is 0.760. The zero-order valence-electron chi connectivity index (χ0n) is 13.0. The standard InChI is InChI=1S/C19H26O2/c1-11-9-17-16-5-3-12-10-13(20)4-6-14(12)15(16)7-8-19(17,2)18(11)21/h4,6,10-11,15-18,20-21H,3,5,7-9H2,1-2H3. The molecular formula is C19H26O2. The van der Waals surface area contributed by atoms with Gasteiger partial charge in [-0.25, -0.2) is 0 Å². The Hall–Kier alpha value is -1.02. The Labute approximate surface area is 127 Å². The summed E-state index contributed by atoms with van der Waals surface area (Å²) < 4.78 is 0. The van der Waals surface area contributed by atoms with E-state index in [-0.39, 0.29) is 11.5 Å². The topological polar surface area (TPSA) is 40.5 Å². The number of phenols is 1. The molecule has 3 aliphatic carbocycles. The number of hydrogen-bond donors (Lipinski definition) is 2. The molecule has 1 aromatic carbocycles. The van der Waals surface area contributed by atoms with Crippen LogP contribution in [0.3, 0.4) is 0 Å². The number of aliphatic hydroxyl groups excluding tert-OH is 1. The summed E-state index contributed by atoms with van der Waals surface area (Å²) in [7, 11) is 0. The molecule has 0 bridgehead atoms. The minimum Gasteiger partial charge on any atom is -0.508 e. The molecule has 3 aliphatic rings. The first-order valence-corrected chi connectivity index (χ1v) is 8.50. The fraction of sp³-hybridized carbons (Fsp3) is 0.684. The van der Waals surface area contributed by atoms with Crippen LogP contribution in [0.25, 0.3) is 0 Å². The van der Waals surface area contributed by atoms with Crippen LogP contribution in [0.2, 0.25) is 0 Å². The Morgan fingerprint density at radius 3 is 2.86 bits per heavy atom. The molecule has 21 heavy (non-hydrogen) atoms. The summed E-state index contributed by atoms with van der Waals surface area (Å²) >= 11 is 0. The van der Waals surface area contributed by atoms with Crippen LogP contribution < -0.4 is 0 Å². The normalized spacial score (nSPS) is 44.8. The SMILES string of the molecule is CC1CC2C3CCc4cc(O)ccc4C3CCC2(C)C1O. The van der Waals surface area contributed by atoms with E-state index >= 15 is 0 Å². The second kappa shape index (κ2) is 4.49. The van der Waals surface area contributed by atoms with Gasteiger partial charge >= 0.3 is 0 Å². The van der Waals surface area contributed by atoms with Crippen LogP contribution in [0, 0.1) is 23.2 Å². The lowest BCUT2D eigenvalue weighted by Gasteiger charge is -2.50. The number of fused-ring (bicyclic) bond motifs is 5. The Morgan fingerprint density at radius 2 is 2.05 bits per heavy atom. The van der Waals surface area contributed by atoms with Crippen molar-refractivity contribution in [3.63, 3.8) is 0 Å². The third-order valence-electron chi connectivity index (χ3n) is 6.99. The van der Waals surface area contributed by atoms with Crippen LogP contribution in [-0.4, -0.2) is 16.3 Å². The average Bonchev–Trinajstić information content (AvgIpc) is 2.70. The predicted molar refractivity (Wildman–Crippen MR) is 83.3 cm³/mol. The van der Waals surface area contributed by atoms with E-state index in [4.69, 9.17) is 0 Å². The molecule has 0 spiro atoms. The van der Waals surface area contributed by atoms with Crippen molar-refractivity contribution < 1.29 is 10.2 Å². The van der Waals surface area contributed by atoms with Gasteiger partial charge in [0.25, 0.3) is 0 Å². The Bertz CT molecular complexity index is 567. The third kappa shape index (κ3) is 1.81. The van der Waals surface area contributed by atoms with Gasteiger partial charge in [-0.05, 0) is 84.5 Å². The van der Waals surface area contributed by atoms with Gasteiger partial charge in [0.1, 0.15) is 5.75 Å². The molecule has 2 heteroatoms. The van der Waals surface area contributed by atoms with Gasteiger partial charge in [-0.3, -0.25) is 0 Å². The zero-order valence-corrected chi connectivity index (χ0v) is 13.0. The van der Waals surface area contributed by atoms with E-state index < -0.39 is 0 Å². The van der Waals surface area contributed by atoms with E-state index in [1.165, 1.54) is 30.4 Å². The summed E-state index contributed by atoms with van der Waals surface area (Å²) in [6.45, 7) is 4.55. The molecule has 2 N–H and O–H groups in total. The first kappa shape index (κ1) is 13.6. The van der Waals surface area contributed by atoms with Crippen LogP contribution >= 0.6 is 0 Å². The second-order valence-electron chi connectivity index (χ2n) is 8.00. The van der Waals surface area contributed by atoms with E-state index in [1.54, 1.807) is 0 Å². The number of aryl methyl sites for hydroxylation is 1. The number of aromatic hydroxyl groups is 1. The highest BCUT2D eigenvalue weighted by molar-refractivity contribution is 5.40. The zero-order chi connectivity index (χ0) is 14.8. The number of rotatable bonds is 0. The van der Waals surface area contributed by atoms with Crippen molar-refractivity contribution in [3.8, 4) is 5.75 Å². The van der Waals surface area contributed by atoms with E-state index in [9.17, 15) is 10.2 Å². The van der Waals surface area contributed by atoms with Crippen molar-refractivity contribution in [2.75, 3.05) is 0 Å². The van der Waals surface area contributed by atoms with Crippen LogP contribution in [0.4, 0.5) is 0 Å². The highest BCUT2D eigenvalue weighted by Crippen LogP contribution is 2.62. The van der Waals surface area contributed by atoms with Crippen molar-refractivity contribution in [2.45, 2.75) is 58.0 Å². The molecule has 0 heterocycles. The average molecular weight is 286 g/mol. The van der Waals surface area contributed by atoms with E-state index in [2.05, 4.69) is 19.9 Å². The maximum absolute atomic E-state index is 10.6. The molecule has 0 aromatic heterocycles. The third-order valence-corrected chi connectivity index (χ3v) is 6.99. The van der Waals surface area contributed by atoms with Gasteiger partial charge in [0.05, 0.1) is 6.10 Å². The summed E-state index contributed by atoms with van der Waals surface area (Å²) in [5.41, 5.74) is 2.96. The lowest BCUT2D eigenvalue weighted by Crippen LogP contribution is -2.44. The molecule has 6 atom stereocenters. The highest BCUT2D eigenvalue weighted by Gasteiger charge is 2.56. The molecule has 1 aromatic rings. The van der Waals surface area contributed by atoms with E-state index in [0.717, 1.165) is 18.8 Å². The monoisotopic (exact) mass is 286 g/mol. The molecule has 0 aliphatic heterocycles. The largest absolute Gasteiger partial charge is 0.508 e. The molecule has 2 nitrogen and oxygen atoms in total. The van der Waals surface area contributed by atoms with E-state index in [0.29, 0.717) is 23.5 Å². The molecular weight excluding hydrogens is 260 g/mol. The summed E-state index contributed by atoms with van der Waals surface area (Å²) in [5.74, 6) is 2.88. The summed E-state index contributed by atoms with van der Waals surface area (Å²) in [6, 6.07) is 5.96. The van der Waals surface area contributed by atoms with Gasteiger partial charge < -0.3 is 10.2 Å². The van der Waals surface area contributed by atoms with E-state index in [1.807, 2.05) is 12.1 Å². The molecule has 114 valence electrons. The number of phenolic OH excluding ortho intramolecular Hbond substituents is 1. The van der Waals surface area contributed by atoms with Crippen LogP contribution in [-0.2, 0) is 6.42 Å². The van der Waals surface area contributed by atoms with Gasteiger partial charge in [-0.2, -0.15) is 0 Å². The molecule has 0 saturated heterocycles. The minimum absolute atomic E-state index is 0.121. The van der Waals surface area contributed by atoms with Gasteiger partial charge in [0.2, 0.25) is 0 Å². The minimum atomic E-state index is -0.121. The van der Waals surface area contributed by atoms with Gasteiger partial charge in [-0.1, -0.05) is 19.9 Å². The highest BCUT2D eigenvalue weighted by atomic mass is 16.3. The first-order chi connectivity index (χ1) is 10.0. The molecule has 2 saturated carbocycles. The Morgan fingerprint density at radius 1 is 1.24 bits per heavy atom. The Kier molecular flexibility index (Phi) is 2.91. The van der Waals surface area contributed by atoms with Crippen molar-refractivity contribution in [1.29, 1.82) is 0 Å². The molecule has 0 radical (unpaired) electrons. The number of benzene rings is 1. The summed E-state index contributed by atoms with van der Waals surface area (Å²) in [6.07, 6.45) is 5.71. The van der Waals surface area contributed by atoms with Crippen molar-refractivity contribution in [1.82, 2.24) is 0 Å². The lowest BCUT2D eigenvalue weighted by molar-refractivity contribution is -0.0309. The lowest BCUT2D eigenvalue weighted by atomic mass is 9.55. The fourth-order valence-corrected chi connectivity index (χ4v) is 5.91. The smallest absolute Gasteiger partial charge is 0.115 e.